The van der Waals surface area contributed by atoms with E-state index in [0.29, 0.717) is 55.9 Å². The van der Waals surface area contributed by atoms with Crippen molar-refractivity contribution < 1.29 is 58.5 Å². The highest BCUT2D eigenvalue weighted by Crippen LogP contribution is 2.33. The Bertz CT molecular complexity index is 1670. The lowest BCUT2D eigenvalue weighted by Gasteiger charge is -2.34. The van der Waals surface area contributed by atoms with Crippen molar-refractivity contribution in [3.05, 3.63) is 29.8 Å². The van der Waals surface area contributed by atoms with Gasteiger partial charge in [0.15, 0.2) is 0 Å². The van der Waals surface area contributed by atoms with E-state index >= 15 is 0 Å². The summed E-state index contributed by atoms with van der Waals surface area (Å²) in [6.45, 7) is -0.472. The van der Waals surface area contributed by atoms with Crippen LogP contribution in [0.1, 0.15) is 82.6 Å². The van der Waals surface area contributed by atoms with Crippen LogP contribution in [0, 0.1) is 0 Å². The molecule has 0 radical (unpaired) electrons. The molecule has 0 aromatic heterocycles. The standard InChI is InChI=1S/C43H66N8O12S/c52-23-21-49(19-20-50(27-39(57)58)28-40(59)60)26-33(51(22-24-53)29-41(61)62)25-31-13-15-32(16-14-31)46-38(56)12-4-2-8-18-44-36(54)10-3-1-7-17-45-37(55)11-6-5-9-35-42-34(30-64-35)47-43(63)48-42/h13-16,23-24,33-35,42H,1-12,17-22,25-30H2,(H,44,54)(H,45,55)(H,46,56)(H,57,58)(H,59,60)(H,61,62)(H2,47,48,63). The number of anilines is 1. The lowest BCUT2D eigenvalue weighted by molar-refractivity contribution is -0.142. The third-order valence-electron chi connectivity index (χ3n) is 11.0. The number of hydrogen-bond donors (Lipinski definition) is 8. The Hall–Kier alpha value is -5.12. The van der Waals surface area contributed by atoms with Crippen molar-refractivity contribution in [3.8, 4) is 0 Å². The van der Waals surface area contributed by atoms with Crippen LogP contribution in [0.2, 0.25) is 0 Å². The van der Waals surface area contributed by atoms with Crippen molar-refractivity contribution in [1.29, 1.82) is 0 Å². The molecule has 21 heteroatoms. The van der Waals surface area contributed by atoms with Gasteiger partial charge in [0.05, 0.1) is 44.8 Å². The van der Waals surface area contributed by atoms with Gasteiger partial charge in [-0.25, -0.2) is 4.79 Å². The van der Waals surface area contributed by atoms with E-state index in [1.165, 1.54) is 9.80 Å². The van der Waals surface area contributed by atoms with E-state index in [-0.39, 0.29) is 81.4 Å². The number of amides is 5. The quantitative estimate of drug-likeness (QED) is 0.0266. The average molecular weight is 919 g/mol. The molecule has 8 N–H and O–H groups in total. The number of benzene rings is 1. The van der Waals surface area contributed by atoms with Crippen LogP contribution in [0.4, 0.5) is 10.5 Å². The Morgan fingerprint density at radius 1 is 0.703 bits per heavy atom. The first kappa shape index (κ1) is 53.2. The summed E-state index contributed by atoms with van der Waals surface area (Å²) in [7, 11) is 0. The zero-order valence-corrected chi connectivity index (χ0v) is 37.3. The molecule has 0 spiro atoms. The number of nitrogens with zero attached hydrogens (tertiary/aromatic N) is 3. The first-order chi connectivity index (χ1) is 30.8. The fraction of sp³-hybridized carbons (Fsp3) is 0.651. The van der Waals surface area contributed by atoms with E-state index in [4.69, 9.17) is 0 Å². The molecule has 1 aromatic carbocycles. The molecule has 356 valence electrons. The number of aliphatic carboxylic acids is 3. The minimum absolute atomic E-state index is 0.00889. The molecular formula is C43H66N8O12S. The minimum atomic E-state index is -1.21. The SMILES string of the molecule is O=CCN(CCN(CC(=O)O)CC(=O)O)CC(Cc1ccc(NC(=O)CCCCCNC(=O)CCCCCNC(=O)CCCCC2SCC3NC(=O)NC32)cc1)N(CC=O)CC(=O)O. The first-order valence-electron chi connectivity index (χ1n) is 22.1. The molecule has 0 bridgehead atoms. The normalized spacial score (nSPS) is 17.0. The molecule has 2 aliphatic heterocycles. The Morgan fingerprint density at radius 2 is 1.27 bits per heavy atom. The summed E-state index contributed by atoms with van der Waals surface area (Å²) in [5, 5.41) is 43.0. The zero-order valence-electron chi connectivity index (χ0n) is 36.5. The summed E-state index contributed by atoms with van der Waals surface area (Å²) in [5.74, 6) is -2.82. The fourth-order valence-electron chi connectivity index (χ4n) is 7.76. The van der Waals surface area contributed by atoms with E-state index in [1.807, 2.05) is 11.8 Å². The number of carboxylic acid groups (broad SMARTS) is 3. The highest BCUT2D eigenvalue weighted by atomic mass is 32.2. The summed E-state index contributed by atoms with van der Waals surface area (Å²) in [5.41, 5.74) is 1.31. The first-order valence-corrected chi connectivity index (χ1v) is 23.1. The van der Waals surface area contributed by atoms with Crippen molar-refractivity contribution in [2.45, 2.75) is 107 Å². The van der Waals surface area contributed by atoms with E-state index in [9.17, 15) is 58.5 Å². The molecule has 0 aliphatic carbocycles. The van der Waals surface area contributed by atoms with Crippen LogP contribution in [-0.2, 0) is 44.8 Å². The number of urea groups is 1. The second-order valence-electron chi connectivity index (χ2n) is 16.2. The Kier molecular flexibility index (Phi) is 25.0. The average Bonchev–Trinajstić information content (AvgIpc) is 3.79. The summed E-state index contributed by atoms with van der Waals surface area (Å²) < 4.78 is 0. The summed E-state index contributed by atoms with van der Waals surface area (Å²) >= 11 is 1.88. The van der Waals surface area contributed by atoms with Gasteiger partial charge in [0.1, 0.15) is 12.6 Å². The maximum absolute atomic E-state index is 12.6. The number of carboxylic acids is 3. The van der Waals surface area contributed by atoms with Gasteiger partial charge in [-0.2, -0.15) is 11.8 Å². The van der Waals surface area contributed by atoms with Gasteiger partial charge in [-0.05, 0) is 62.6 Å². The van der Waals surface area contributed by atoms with Gasteiger partial charge in [0.2, 0.25) is 17.7 Å². The molecule has 2 saturated heterocycles. The number of aldehydes is 2. The number of hydrogen-bond acceptors (Lipinski definition) is 13. The number of unbranched alkanes of at least 4 members (excludes halogenated alkanes) is 5. The van der Waals surface area contributed by atoms with Crippen LogP contribution in [0.5, 0.6) is 0 Å². The Labute approximate surface area is 378 Å². The topological polar surface area (TPSA) is 284 Å². The molecule has 2 fully saturated rings. The van der Waals surface area contributed by atoms with Crippen LogP contribution in [0.15, 0.2) is 24.3 Å². The lowest BCUT2D eigenvalue weighted by atomic mass is 10.0. The van der Waals surface area contributed by atoms with Gasteiger partial charge in [-0.3, -0.25) is 43.5 Å². The van der Waals surface area contributed by atoms with Crippen molar-refractivity contribution in [2.75, 3.05) is 76.5 Å². The van der Waals surface area contributed by atoms with Gasteiger partial charge >= 0.3 is 23.9 Å². The summed E-state index contributed by atoms with van der Waals surface area (Å²) in [6, 6.07) is 6.68. The van der Waals surface area contributed by atoms with Crippen LogP contribution in [0.3, 0.4) is 0 Å². The number of fused-ring (bicyclic) bond motifs is 1. The predicted octanol–water partition coefficient (Wildman–Crippen LogP) is 1.17. The van der Waals surface area contributed by atoms with E-state index < -0.39 is 43.6 Å². The van der Waals surface area contributed by atoms with Gasteiger partial charge in [0.25, 0.3) is 0 Å². The molecule has 2 heterocycles. The smallest absolute Gasteiger partial charge is 0.317 e. The van der Waals surface area contributed by atoms with Crippen molar-refractivity contribution in [2.24, 2.45) is 0 Å². The molecule has 5 amide bonds. The number of rotatable bonds is 36. The van der Waals surface area contributed by atoms with E-state index in [2.05, 4.69) is 26.6 Å². The number of carbonyl (C=O) groups is 9. The van der Waals surface area contributed by atoms with Crippen molar-refractivity contribution in [1.82, 2.24) is 36.0 Å². The molecule has 3 rings (SSSR count). The molecule has 4 unspecified atom stereocenters. The van der Waals surface area contributed by atoms with Gasteiger partial charge in [0, 0.05) is 74.7 Å². The largest absolute Gasteiger partial charge is 0.480 e. The summed E-state index contributed by atoms with van der Waals surface area (Å²) in [4.78, 5) is 110. The third-order valence-corrected chi connectivity index (χ3v) is 12.5. The van der Waals surface area contributed by atoms with Gasteiger partial charge in [-0.1, -0.05) is 31.4 Å². The molecule has 2 aliphatic rings. The summed E-state index contributed by atoms with van der Waals surface area (Å²) in [6.07, 6.45) is 9.87. The molecule has 20 nitrogen and oxygen atoms in total. The number of thioether (sulfide) groups is 1. The van der Waals surface area contributed by atoms with Crippen molar-refractivity contribution in [3.63, 3.8) is 0 Å². The number of carbonyl (C=O) groups excluding carboxylic acids is 6. The predicted molar refractivity (Wildman–Crippen MR) is 239 cm³/mol. The van der Waals surface area contributed by atoms with Crippen LogP contribution in [0.25, 0.3) is 0 Å². The lowest BCUT2D eigenvalue weighted by Crippen LogP contribution is -2.50. The van der Waals surface area contributed by atoms with Gasteiger partial charge < -0.3 is 51.5 Å². The second-order valence-corrected chi connectivity index (χ2v) is 17.5. The maximum Gasteiger partial charge on any atom is 0.317 e. The highest BCUT2D eigenvalue weighted by molar-refractivity contribution is 8.00. The van der Waals surface area contributed by atoms with Crippen LogP contribution < -0.4 is 26.6 Å². The van der Waals surface area contributed by atoms with E-state index in [0.717, 1.165) is 62.7 Å². The zero-order chi connectivity index (χ0) is 46.7. The molecule has 4 atom stereocenters. The third kappa shape index (κ3) is 22.0. The monoisotopic (exact) mass is 918 g/mol. The molecule has 0 saturated carbocycles. The Morgan fingerprint density at radius 3 is 1.84 bits per heavy atom. The van der Waals surface area contributed by atoms with Crippen LogP contribution >= 0.6 is 11.8 Å². The Balaban J connectivity index is 1.29. The highest BCUT2D eigenvalue weighted by Gasteiger charge is 2.42. The second kappa shape index (κ2) is 30.1. The molecule has 1 aromatic rings. The van der Waals surface area contributed by atoms with E-state index in [1.54, 1.807) is 29.2 Å². The minimum Gasteiger partial charge on any atom is -0.480 e. The molecule has 64 heavy (non-hydrogen) atoms. The van der Waals surface area contributed by atoms with Crippen LogP contribution in [-0.4, -0.2) is 179 Å². The fourth-order valence-corrected chi connectivity index (χ4v) is 9.31. The number of nitrogens with one attached hydrogen (secondary N) is 5. The molecular weight excluding hydrogens is 853 g/mol. The van der Waals surface area contributed by atoms with Crippen molar-refractivity contribution >= 4 is 71.7 Å². The maximum atomic E-state index is 12.6. The van der Waals surface area contributed by atoms with Gasteiger partial charge in [-0.15, -0.1) is 0 Å².